The lowest BCUT2D eigenvalue weighted by Gasteiger charge is -1.88. The molecule has 64 valence electrons. The molecule has 0 aliphatic rings. The van der Waals surface area contributed by atoms with Gasteiger partial charge >= 0.3 is 0 Å². The maximum absolute atomic E-state index is 11.1. The first-order valence-electron chi connectivity index (χ1n) is 3.58. The zero-order valence-corrected chi connectivity index (χ0v) is 7.48. The number of carbonyl (C=O) groups is 2. The van der Waals surface area contributed by atoms with Crippen LogP contribution in [-0.4, -0.2) is 11.7 Å². The highest BCUT2D eigenvalue weighted by molar-refractivity contribution is 7.15. The number of hydrogen-bond donors (Lipinski definition) is 1. The van der Waals surface area contributed by atoms with E-state index in [-0.39, 0.29) is 5.78 Å². The van der Waals surface area contributed by atoms with Gasteiger partial charge < -0.3 is 5.73 Å². The van der Waals surface area contributed by atoms with Gasteiger partial charge in [0.1, 0.15) is 0 Å². The Bertz CT molecular complexity index is 317. The Morgan fingerprint density at radius 2 is 2.00 bits per heavy atom. The summed E-state index contributed by atoms with van der Waals surface area (Å²) < 4.78 is 0. The van der Waals surface area contributed by atoms with Crippen molar-refractivity contribution < 1.29 is 9.59 Å². The molecule has 0 saturated heterocycles. The van der Waals surface area contributed by atoms with Crippen LogP contribution in [0.3, 0.4) is 0 Å². The largest absolute Gasteiger partial charge is 0.365 e. The zero-order chi connectivity index (χ0) is 9.14. The van der Waals surface area contributed by atoms with Crippen molar-refractivity contribution >= 4 is 23.0 Å². The number of amides is 1. The molecule has 0 radical (unpaired) electrons. The number of rotatable bonds is 3. The smallest absolute Gasteiger partial charge is 0.258 e. The first kappa shape index (κ1) is 8.93. The zero-order valence-electron chi connectivity index (χ0n) is 6.66. The standard InChI is InChI=1S/C8H9NO2S/c1-2-5(10)6-3-4-7(12-6)8(9)11/h3-4H,2H2,1H3,(H2,9,11). The summed E-state index contributed by atoms with van der Waals surface area (Å²) in [7, 11) is 0. The number of hydrogen-bond acceptors (Lipinski definition) is 3. The molecule has 1 aromatic heterocycles. The third kappa shape index (κ3) is 1.71. The Morgan fingerprint density at radius 3 is 2.42 bits per heavy atom. The molecule has 0 spiro atoms. The van der Waals surface area contributed by atoms with Gasteiger partial charge in [0.2, 0.25) is 0 Å². The summed E-state index contributed by atoms with van der Waals surface area (Å²) in [6, 6.07) is 3.21. The molecule has 0 fully saturated rings. The number of ketones is 1. The molecule has 3 nitrogen and oxygen atoms in total. The van der Waals surface area contributed by atoms with Crippen LogP contribution in [0.25, 0.3) is 0 Å². The maximum Gasteiger partial charge on any atom is 0.258 e. The van der Waals surface area contributed by atoms with Crippen LogP contribution in [0.4, 0.5) is 0 Å². The average Bonchev–Trinajstić information content (AvgIpc) is 2.51. The van der Waals surface area contributed by atoms with E-state index in [0.29, 0.717) is 16.2 Å². The normalized spacial score (nSPS) is 9.75. The quantitative estimate of drug-likeness (QED) is 0.721. The van der Waals surface area contributed by atoms with Crippen LogP contribution in [0.1, 0.15) is 32.7 Å². The molecule has 1 rings (SSSR count). The summed E-state index contributed by atoms with van der Waals surface area (Å²) in [6.07, 6.45) is 0.457. The molecular weight excluding hydrogens is 174 g/mol. The number of thiophene rings is 1. The van der Waals surface area contributed by atoms with Crippen LogP contribution in [0.5, 0.6) is 0 Å². The number of nitrogens with two attached hydrogens (primary N) is 1. The van der Waals surface area contributed by atoms with Gasteiger partial charge in [-0.3, -0.25) is 9.59 Å². The second kappa shape index (κ2) is 3.49. The van der Waals surface area contributed by atoms with Gasteiger partial charge in [-0.2, -0.15) is 0 Å². The van der Waals surface area contributed by atoms with E-state index < -0.39 is 5.91 Å². The Labute approximate surface area is 74.2 Å². The molecule has 1 amide bonds. The van der Waals surface area contributed by atoms with E-state index in [2.05, 4.69) is 0 Å². The van der Waals surface area contributed by atoms with Crippen molar-refractivity contribution in [2.75, 3.05) is 0 Å². The highest BCUT2D eigenvalue weighted by atomic mass is 32.1. The Kier molecular flexibility index (Phi) is 2.60. The van der Waals surface area contributed by atoms with Crippen LogP contribution < -0.4 is 5.73 Å². The number of Topliss-reactive ketones (excluding diaryl/α,β-unsaturated/α-hetero) is 1. The van der Waals surface area contributed by atoms with Crippen LogP contribution in [0.2, 0.25) is 0 Å². The maximum atomic E-state index is 11.1. The van der Waals surface area contributed by atoms with Gasteiger partial charge in [-0.25, -0.2) is 0 Å². The van der Waals surface area contributed by atoms with Crippen molar-refractivity contribution in [2.45, 2.75) is 13.3 Å². The Morgan fingerprint density at radius 1 is 1.42 bits per heavy atom. The predicted octanol–water partition coefficient (Wildman–Crippen LogP) is 1.44. The first-order valence-corrected chi connectivity index (χ1v) is 4.39. The van der Waals surface area contributed by atoms with Gasteiger partial charge in [0.05, 0.1) is 9.75 Å². The highest BCUT2D eigenvalue weighted by Gasteiger charge is 2.09. The molecule has 1 heterocycles. The average molecular weight is 183 g/mol. The van der Waals surface area contributed by atoms with Crippen molar-refractivity contribution in [1.82, 2.24) is 0 Å². The molecule has 4 heteroatoms. The van der Waals surface area contributed by atoms with Crippen LogP contribution in [0.15, 0.2) is 12.1 Å². The van der Waals surface area contributed by atoms with Crippen LogP contribution >= 0.6 is 11.3 Å². The van der Waals surface area contributed by atoms with Gasteiger partial charge in [-0.1, -0.05) is 6.92 Å². The topological polar surface area (TPSA) is 60.2 Å². The fraction of sp³-hybridized carbons (Fsp3) is 0.250. The van der Waals surface area contributed by atoms with Gasteiger partial charge in [0, 0.05) is 6.42 Å². The van der Waals surface area contributed by atoms with Crippen molar-refractivity contribution in [3.05, 3.63) is 21.9 Å². The van der Waals surface area contributed by atoms with E-state index in [1.165, 1.54) is 0 Å². The molecule has 0 aliphatic heterocycles. The summed E-state index contributed by atoms with van der Waals surface area (Å²) in [4.78, 5) is 22.8. The number of primary amides is 1. The highest BCUT2D eigenvalue weighted by Crippen LogP contribution is 2.17. The second-order valence-corrected chi connectivity index (χ2v) is 3.39. The van der Waals surface area contributed by atoms with E-state index in [0.717, 1.165) is 11.3 Å². The van der Waals surface area contributed by atoms with Crippen molar-refractivity contribution in [1.29, 1.82) is 0 Å². The summed E-state index contributed by atoms with van der Waals surface area (Å²) in [5.74, 6) is -0.428. The third-order valence-corrected chi connectivity index (χ3v) is 2.59. The molecule has 0 aromatic carbocycles. The van der Waals surface area contributed by atoms with Crippen molar-refractivity contribution in [3.8, 4) is 0 Å². The van der Waals surface area contributed by atoms with E-state index >= 15 is 0 Å². The molecule has 0 saturated carbocycles. The molecule has 0 bridgehead atoms. The molecule has 2 N–H and O–H groups in total. The molecule has 12 heavy (non-hydrogen) atoms. The Balaban J connectivity index is 2.91. The number of carbonyl (C=O) groups excluding carboxylic acids is 2. The minimum absolute atomic E-state index is 0.0486. The van der Waals surface area contributed by atoms with E-state index in [1.54, 1.807) is 19.1 Å². The molecular formula is C8H9NO2S. The summed E-state index contributed by atoms with van der Waals surface area (Å²) >= 11 is 1.15. The van der Waals surface area contributed by atoms with Crippen LogP contribution in [0, 0.1) is 0 Å². The monoisotopic (exact) mass is 183 g/mol. The predicted molar refractivity (Wildman–Crippen MR) is 47.5 cm³/mol. The van der Waals surface area contributed by atoms with E-state index in [4.69, 9.17) is 5.73 Å². The molecule has 1 aromatic rings. The SMILES string of the molecule is CCC(=O)c1ccc(C(N)=O)s1. The Hall–Kier alpha value is -1.16. The van der Waals surface area contributed by atoms with Gasteiger partial charge in [0.15, 0.2) is 5.78 Å². The molecule has 0 aliphatic carbocycles. The van der Waals surface area contributed by atoms with Gasteiger partial charge in [-0.15, -0.1) is 11.3 Å². The molecule has 0 unspecified atom stereocenters. The van der Waals surface area contributed by atoms with E-state index in [9.17, 15) is 9.59 Å². The van der Waals surface area contributed by atoms with Crippen molar-refractivity contribution in [3.63, 3.8) is 0 Å². The second-order valence-electron chi connectivity index (χ2n) is 2.30. The lowest BCUT2D eigenvalue weighted by atomic mass is 10.2. The minimum Gasteiger partial charge on any atom is -0.365 e. The third-order valence-electron chi connectivity index (χ3n) is 1.44. The van der Waals surface area contributed by atoms with Gasteiger partial charge in [-0.05, 0) is 12.1 Å². The summed E-state index contributed by atoms with van der Waals surface area (Å²) in [5.41, 5.74) is 5.03. The molecule has 0 atom stereocenters. The summed E-state index contributed by atoms with van der Waals surface area (Å²) in [6.45, 7) is 1.78. The lowest BCUT2D eigenvalue weighted by molar-refractivity contribution is 0.0989. The lowest BCUT2D eigenvalue weighted by Crippen LogP contribution is -2.08. The summed E-state index contributed by atoms with van der Waals surface area (Å²) in [5, 5.41) is 0. The fourth-order valence-electron chi connectivity index (χ4n) is 0.794. The van der Waals surface area contributed by atoms with E-state index in [1.807, 2.05) is 0 Å². The van der Waals surface area contributed by atoms with Crippen LogP contribution in [-0.2, 0) is 0 Å². The van der Waals surface area contributed by atoms with Crippen molar-refractivity contribution in [2.24, 2.45) is 5.73 Å². The van der Waals surface area contributed by atoms with Gasteiger partial charge in [0.25, 0.3) is 5.91 Å². The first-order chi connectivity index (χ1) is 5.65. The fourth-order valence-corrected chi connectivity index (χ4v) is 1.66. The minimum atomic E-state index is -0.477.